The maximum absolute atomic E-state index is 13.6. The Balaban J connectivity index is 0.00000147. The standard InChI is InChI=1S/C15H18FNO2.ClH/c16-11-1-2-12-10(7-14(18)19)9-15(13(12)8-11)3-5-17-6-4-15;/h1-2,8,10,17H,3-7,9H2,(H,18,19);1H/t10-;/m0./s1. The van der Waals surface area contributed by atoms with Crippen LogP contribution in [0.2, 0.25) is 0 Å². The highest BCUT2D eigenvalue weighted by molar-refractivity contribution is 5.85. The van der Waals surface area contributed by atoms with Crippen LogP contribution in [0.1, 0.15) is 42.7 Å². The normalized spacial score (nSPS) is 23.1. The molecule has 3 rings (SSSR count). The van der Waals surface area contributed by atoms with Crippen LogP contribution in [0.4, 0.5) is 4.39 Å². The van der Waals surface area contributed by atoms with Gasteiger partial charge in [-0.15, -0.1) is 12.4 Å². The molecule has 20 heavy (non-hydrogen) atoms. The number of carbonyl (C=O) groups is 1. The van der Waals surface area contributed by atoms with Crippen LogP contribution in [0.15, 0.2) is 18.2 Å². The molecule has 1 aromatic carbocycles. The highest BCUT2D eigenvalue weighted by atomic mass is 35.5. The van der Waals surface area contributed by atoms with Crippen molar-refractivity contribution < 1.29 is 14.3 Å². The van der Waals surface area contributed by atoms with Gasteiger partial charge in [0.1, 0.15) is 5.82 Å². The molecule has 2 N–H and O–H groups in total. The first-order valence-electron chi connectivity index (χ1n) is 6.83. The summed E-state index contributed by atoms with van der Waals surface area (Å²) in [5, 5.41) is 12.4. The second-order valence-corrected chi connectivity index (χ2v) is 5.76. The lowest BCUT2D eigenvalue weighted by Crippen LogP contribution is -2.38. The highest BCUT2D eigenvalue weighted by Crippen LogP contribution is 2.52. The van der Waals surface area contributed by atoms with E-state index in [1.165, 1.54) is 6.07 Å². The number of halogens is 2. The Morgan fingerprint density at radius 2 is 2.10 bits per heavy atom. The minimum atomic E-state index is -0.772. The molecule has 2 aliphatic rings. The molecule has 3 nitrogen and oxygen atoms in total. The van der Waals surface area contributed by atoms with Gasteiger partial charge in [-0.25, -0.2) is 4.39 Å². The Labute approximate surface area is 124 Å². The summed E-state index contributed by atoms with van der Waals surface area (Å²) in [4.78, 5) is 11.0. The van der Waals surface area contributed by atoms with Gasteiger partial charge in [-0.1, -0.05) is 6.07 Å². The van der Waals surface area contributed by atoms with Crippen LogP contribution >= 0.6 is 12.4 Å². The van der Waals surface area contributed by atoms with Gasteiger partial charge in [0.25, 0.3) is 0 Å². The van der Waals surface area contributed by atoms with Crippen molar-refractivity contribution in [3.8, 4) is 0 Å². The van der Waals surface area contributed by atoms with E-state index in [2.05, 4.69) is 5.32 Å². The number of carboxylic acid groups (broad SMARTS) is 1. The van der Waals surface area contributed by atoms with E-state index in [9.17, 15) is 9.18 Å². The van der Waals surface area contributed by atoms with Crippen molar-refractivity contribution >= 4 is 18.4 Å². The van der Waals surface area contributed by atoms with E-state index in [1.54, 1.807) is 12.1 Å². The lowest BCUT2D eigenvalue weighted by atomic mass is 9.73. The summed E-state index contributed by atoms with van der Waals surface area (Å²) in [5.41, 5.74) is 2.09. The fraction of sp³-hybridized carbons (Fsp3) is 0.533. The average molecular weight is 300 g/mol. The van der Waals surface area contributed by atoms with E-state index in [4.69, 9.17) is 5.11 Å². The maximum Gasteiger partial charge on any atom is 0.303 e. The Bertz CT molecular complexity index is 515. The number of benzene rings is 1. The first-order valence-corrected chi connectivity index (χ1v) is 6.83. The summed E-state index contributed by atoms with van der Waals surface area (Å²) >= 11 is 0. The number of nitrogens with one attached hydrogen (secondary N) is 1. The summed E-state index contributed by atoms with van der Waals surface area (Å²) < 4.78 is 13.6. The highest BCUT2D eigenvalue weighted by Gasteiger charge is 2.44. The molecule has 1 fully saturated rings. The smallest absolute Gasteiger partial charge is 0.303 e. The Hall–Kier alpha value is -1.13. The van der Waals surface area contributed by atoms with Gasteiger partial charge in [0.05, 0.1) is 6.42 Å². The van der Waals surface area contributed by atoms with E-state index in [1.807, 2.05) is 0 Å². The zero-order valence-electron chi connectivity index (χ0n) is 11.2. The SMILES string of the molecule is Cl.O=C(O)C[C@H]1CC2(CCNCC2)c2cc(F)ccc21. The van der Waals surface area contributed by atoms with Gasteiger partial charge in [-0.3, -0.25) is 4.79 Å². The molecule has 1 aliphatic heterocycles. The zero-order valence-corrected chi connectivity index (χ0v) is 12.0. The molecule has 0 amide bonds. The van der Waals surface area contributed by atoms with Gasteiger partial charge in [0.15, 0.2) is 0 Å². The van der Waals surface area contributed by atoms with Gasteiger partial charge in [0.2, 0.25) is 0 Å². The van der Waals surface area contributed by atoms with Crippen molar-refractivity contribution in [3.05, 3.63) is 35.1 Å². The molecule has 5 heteroatoms. The second-order valence-electron chi connectivity index (χ2n) is 5.76. The molecule has 1 aromatic rings. The van der Waals surface area contributed by atoms with Crippen LogP contribution in [0.25, 0.3) is 0 Å². The summed E-state index contributed by atoms with van der Waals surface area (Å²) in [5.74, 6) is -0.954. The third-order valence-corrected chi connectivity index (χ3v) is 4.65. The molecule has 110 valence electrons. The zero-order chi connectivity index (χ0) is 13.5. The van der Waals surface area contributed by atoms with Crippen molar-refractivity contribution in [1.29, 1.82) is 0 Å². The molecule has 0 bridgehead atoms. The molecule has 0 saturated carbocycles. The molecule has 1 saturated heterocycles. The molecule has 1 spiro atoms. The molecule has 0 unspecified atom stereocenters. The fourth-order valence-electron chi connectivity index (χ4n) is 3.81. The molecular weight excluding hydrogens is 281 g/mol. The van der Waals surface area contributed by atoms with Gasteiger partial charge in [-0.05, 0) is 66.9 Å². The van der Waals surface area contributed by atoms with Gasteiger partial charge >= 0.3 is 5.97 Å². The first kappa shape index (κ1) is 15.3. The number of fused-ring (bicyclic) bond motifs is 2. The van der Waals surface area contributed by atoms with E-state index in [-0.39, 0.29) is 36.0 Å². The van der Waals surface area contributed by atoms with Crippen LogP contribution in [0.5, 0.6) is 0 Å². The topological polar surface area (TPSA) is 49.3 Å². The van der Waals surface area contributed by atoms with Crippen molar-refractivity contribution in [2.45, 2.75) is 37.0 Å². The molecule has 1 atom stereocenters. The predicted octanol–water partition coefficient (Wildman–Crippen LogP) is 2.83. The predicted molar refractivity (Wildman–Crippen MR) is 77.0 cm³/mol. The van der Waals surface area contributed by atoms with Crippen molar-refractivity contribution in [3.63, 3.8) is 0 Å². The minimum Gasteiger partial charge on any atom is -0.481 e. The van der Waals surface area contributed by atoms with Crippen molar-refractivity contribution in [2.75, 3.05) is 13.1 Å². The monoisotopic (exact) mass is 299 g/mol. The van der Waals surface area contributed by atoms with E-state index >= 15 is 0 Å². The molecule has 0 aromatic heterocycles. The number of hydrogen-bond donors (Lipinski definition) is 2. The number of carboxylic acids is 1. The lowest BCUT2D eigenvalue weighted by Gasteiger charge is -2.35. The summed E-state index contributed by atoms with van der Waals surface area (Å²) in [6, 6.07) is 4.87. The lowest BCUT2D eigenvalue weighted by molar-refractivity contribution is -0.137. The summed E-state index contributed by atoms with van der Waals surface area (Å²) in [7, 11) is 0. The minimum absolute atomic E-state index is 0. The molecular formula is C15H19ClFNO2. The first-order chi connectivity index (χ1) is 9.11. The van der Waals surface area contributed by atoms with E-state index < -0.39 is 5.97 Å². The fourth-order valence-corrected chi connectivity index (χ4v) is 3.81. The number of aliphatic carboxylic acids is 1. The van der Waals surface area contributed by atoms with E-state index in [0.29, 0.717) is 0 Å². The number of piperidine rings is 1. The van der Waals surface area contributed by atoms with Crippen LogP contribution in [0, 0.1) is 5.82 Å². The van der Waals surface area contributed by atoms with Gasteiger partial charge in [0, 0.05) is 0 Å². The van der Waals surface area contributed by atoms with E-state index in [0.717, 1.165) is 43.5 Å². The Morgan fingerprint density at radius 1 is 1.40 bits per heavy atom. The Kier molecular flexibility index (Phi) is 4.35. The largest absolute Gasteiger partial charge is 0.481 e. The van der Waals surface area contributed by atoms with Crippen LogP contribution in [-0.4, -0.2) is 24.2 Å². The number of hydrogen-bond acceptors (Lipinski definition) is 2. The molecule has 1 heterocycles. The quantitative estimate of drug-likeness (QED) is 0.883. The third kappa shape index (κ3) is 2.54. The Morgan fingerprint density at radius 3 is 2.75 bits per heavy atom. The maximum atomic E-state index is 13.6. The molecule has 1 aliphatic carbocycles. The van der Waals surface area contributed by atoms with Gasteiger partial charge < -0.3 is 10.4 Å². The molecule has 0 radical (unpaired) electrons. The summed E-state index contributed by atoms with van der Waals surface area (Å²) in [6.07, 6.45) is 2.94. The van der Waals surface area contributed by atoms with Gasteiger partial charge in [-0.2, -0.15) is 0 Å². The van der Waals surface area contributed by atoms with Crippen LogP contribution in [-0.2, 0) is 10.2 Å². The van der Waals surface area contributed by atoms with Crippen LogP contribution in [0.3, 0.4) is 0 Å². The van der Waals surface area contributed by atoms with Crippen molar-refractivity contribution in [1.82, 2.24) is 5.32 Å². The second kappa shape index (κ2) is 5.70. The van der Waals surface area contributed by atoms with Crippen LogP contribution < -0.4 is 5.32 Å². The summed E-state index contributed by atoms with van der Waals surface area (Å²) in [6.45, 7) is 1.85. The number of rotatable bonds is 2. The third-order valence-electron chi connectivity index (χ3n) is 4.65. The average Bonchev–Trinajstić information content (AvgIpc) is 2.64. The van der Waals surface area contributed by atoms with Crippen molar-refractivity contribution in [2.24, 2.45) is 0 Å².